The number of unbranched alkanes of at least 4 members (excludes halogenated alkanes) is 3. The maximum absolute atomic E-state index is 13.3. The molecule has 6 heteroatoms. The molecule has 0 aliphatic carbocycles. The Morgan fingerprint density at radius 3 is 2.31 bits per heavy atom. The molecule has 0 N–H and O–H groups in total. The van der Waals surface area contributed by atoms with E-state index in [1.54, 1.807) is 18.7 Å². The third-order valence-corrected chi connectivity index (χ3v) is 6.74. The van der Waals surface area contributed by atoms with Gasteiger partial charge >= 0.3 is 11.9 Å². The number of anilines is 1. The van der Waals surface area contributed by atoms with Gasteiger partial charge in [0.25, 0.3) is 0 Å². The summed E-state index contributed by atoms with van der Waals surface area (Å²) in [4.78, 5) is 40.1. The molecule has 1 aliphatic heterocycles. The number of amides is 1. The van der Waals surface area contributed by atoms with Crippen molar-refractivity contribution >= 4 is 23.5 Å². The molecule has 0 bridgehead atoms. The minimum absolute atomic E-state index is 0.157. The first kappa shape index (κ1) is 27.4. The molecule has 2 aromatic rings. The fourth-order valence-corrected chi connectivity index (χ4v) is 4.90. The third kappa shape index (κ3) is 7.67. The van der Waals surface area contributed by atoms with E-state index in [-0.39, 0.29) is 36.8 Å². The van der Waals surface area contributed by atoms with E-state index in [0.29, 0.717) is 25.9 Å². The summed E-state index contributed by atoms with van der Waals surface area (Å²) >= 11 is 0. The molecule has 1 heterocycles. The van der Waals surface area contributed by atoms with Gasteiger partial charge in [-0.1, -0.05) is 67.8 Å². The monoisotopic (exact) mass is 493 g/mol. The predicted molar refractivity (Wildman–Crippen MR) is 141 cm³/mol. The van der Waals surface area contributed by atoms with E-state index in [9.17, 15) is 14.4 Å². The first-order valence-corrected chi connectivity index (χ1v) is 13.3. The van der Waals surface area contributed by atoms with E-state index < -0.39 is 6.04 Å². The Hall–Kier alpha value is -3.15. The first-order chi connectivity index (χ1) is 17.5. The number of nitrogens with zero attached hydrogens (tertiary/aromatic N) is 1. The van der Waals surface area contributed by atoms with Crippen molar-refractivity contribution in [3.63, 3.8) is 0 Å². The smallest absolute Gasteiger partial charge is 0.329 e. The van der Waals surface area contributed by atoms with Gasteiger partial charge in [0.2, 0.25) is 5.91 Å². The zero-order valence-corrected chi connectivity index (χ0v) is 21.6. The van der Waals surface area contributed by atoms with Crippen molar-refractivity contribution in [1.82, 2.24) is 0 Å². The van der Waals surface area contributed by atoms with Gasteiger partial charge < -0.3 is 9.47 Å². The summed E-state index contributed by atoms with van der Waals surface area (Å²) in [5, 5.41) is 0. The van der Waals surface area contributed by atoms with E-state index >= 15 is 0 Å². The summed E-state index contributed by atoms with van der Waals surface area (Å²) in [6.45, 7) is 4.15. The van der Waals surface area contributed by atoms with Crippen LogP contribution in [0.25, 0.3) is 0 Å². The van der Waals surface area contributed by atoms with Gasteiger partial charge in [-0.05, 0) is 56.7 Å². The molecule has 0 fully saturated rings. The summed E-state index contributed by atoms with van der Waals surface area (Å²) in [5.41, 5.74) is 3.07. The number of carbonyl (C=O) groups is 3. The van der Waals surface area contributed by atoms with Gasteiger partial charge in [-0.2, -0.15) is 0 Å². The summed E-state index contributed by atoms with van der Waals surface area (Å²) in [7, 11) is 0. The van der Waals surface area contributed by atoms with Gasteiger partial charge in [-0.15, -0.1) is 0 Å². The zero-order chi connectivity index (χ0) is 25.8. The molecule has 6 nitrogen and oxygen atoms in total. The van der Waals surface area contributed by atoms with Gasteiger partial charge in [-0.25, -0.2) is 4.79 Å². The Kier molecular flexibility index (Phi) is 11.0. The van der Waals surface area contributed by atoms with Crippen molar-refractivity contribution in [1.29, 1.82) is 0 Å². The lowest BCUT2D eigenvalue weighted by Gasteiger charge is -2.25. The molecule has 0 spiro atoms. The van der Waals surface area contributed by atoms with Crippen LogP contribution in [0.15, 0.2) is 54.6 Å². The van der Waals surface area contributed by atoms with Crippen molar-refractivity contribution in [2.75, 3.05) is 18.1 Å². The lowest BCUT2D eigenvalue weighted by atomic mass is 9.95. The largest absolute Gasteiger partial charge is 0.466 e. The van der Waals surface area contributed by atoms with Crippen LogP contribution in [0.5, 0.6) is 0 Å². The van der Waals surface area contributed by atoms with Gasteiger partial charge in [0.15, 0.2) is 0 Å². The van der Waals surface area contributed by atoms with Crippen molar-refractivity contribution in [3.8, 4) is 0 Å². The highest BCUT2D eigenvalue weighted by atomic mass is 16.5. The number of benzene rings is 2. The fraction of sp³-hybridized carbons (Fsp3) is 0.500. The van der Waals surface area contributed by atoms with Gasteiger partial charge in [0.1, 0.15) is 6.04 Å². The van der Waals surface area contributed by atoms with Crippen LogP contribution < -0.4 is 4.90 Å². The standard InChI is InChI=1S/C30H39NO5/c1-3-35-29(33)24(17-11-6-5-8-14-23-15-9-7-10-16-23)20-21-28(32)31-26-19-13-12-18-25(26)22-27(31)30(34)36-4-2/h7,9-10,12-13,15-16,18-19,24,27H,3-6,8,11,14,17,20-22H2,1-2H3/t24-,27+/m1/s1. The quantitative estimate of drug-likeness (QED) is 0.251. The molecular weight excluding hydrogens is 454 g/mol. The lowest BCUT2D eigenvalue weighted by molar-refractivity contribution is -0.149. The van der Waals surface area contributed by atoms with E-state index in [1.807, 2.05) is 30.3 Å². The van der Waals surface area contributed by atoms with Crippen LogP contribution in [0.2, 0.25) is 0 Å². The Labute approximate surface area is 215 Å². The molecular formula is C30H39NO5. The highest BCUT2D eigenvalue weighted by molar-refractivity contribution is 6.02. The molecule has 0 aromatic heterocycles. The van der Waals surface area contributed by atoms with E-state index in [1.165, 1.54) is 5.56 Å². The van der Waals surface area contributed by atoms with Crippen LogP contribution in [-0.4, -0.2) is 37.1 Å². The SMILES string of the molecule is CCOC(=O)[C@H](CCCCCCc1ccccc1)CCC(=O)N1c2ccccc2C[C@H]1C(=O)OCC. The van der Waals surface area contributed by atoms with Crippen molar-refractivity contribution in [2.24, 2.45) is 5.92 Å². The predicted octanol–water partition coefficient (Wildman–Crippen LogP) is 5.66. The van der Waals surface area contributed by atoms with E-state index in [2.05, 4.69) is 24.3 Å². The maximum atomic E-state index is 13.3. The average Bonchev–Trinajstić information content (AvgIpc) is 3.28. The number of ether oxygens (including phenoxy) is 2. The van der Waals surface area contributed by atoms with Crippen LogP contribution in [0.3, 0.4) is 0 Å². The molecule has 1 aliphatic rings. The fourth-order valence-electron chi connectivity index (χ4n) is 4.90. The Morgan fingerprint density at radius 2 is 1.56 bits per heavy atom. The van der Waals surface area contributed by atoms with Crippen molar-refractivity contribution in [3.05, 3.63) is 65.7 Å². The molecule has 0 saturated carbocycles. The molecule has 2 atom stereocenters. The second kappa shape index (κ2) is 14.4. The number of aryl methyl sites for hydroxylation is 1. The molecule has 2 aromatic carbocycles. The third-order valence-electron chi connectivity index (χ3n) is 6.74. The summed E-state index contributed by atoms with van der Waals surface area (Å²) in [6.07, 6.45) is 7.00. The van der Waals surface area contributed by atoms with E-state index in [0.717, 1.165) is 43.4 Å². The summed E-state index contributed by atoms with van der Waals surface area (Å²) in [6, 6.07) is 17.4. The zero-order valence-electron chi connectivity index (χ0n) is 21.6. The molecule has 194 valence electrons. The number of para-hydroxylation sites is 1. The minimum atomic E-state index is -0.652. The van der Waals surface area contributed by atoms with Crippen LogP contribution in [0.1, 0.15) is 69.9 Å². The van der Waals surface area contributed by atoms with E-state index in [4.69, 9.17) is 9.47 Å². The topological polar surface area (TPSA) is 72.9 Å². The van der Waals surface area contributed by atoms with Crippen molar-refractivity contribution in [2.45, 2.75) is 77.7 Å². The van der Waals surface area contributed by atoms with Crippen molar-refractivity contribution < 1.29 is 23.9 Å². The lowest BCUT2D eigenvalue weighted by Crippen LogP contribution is -2.44. The second-order valence-corrected chi connectivity index (χ2v) is 9.29. The molecule has 1 amide bonds. The van der Waals surface area contributed by atoms with Crippen LogP contribution >= 0.6 is 0 Å². The summed E-state index contributed by atoms with van der Waals surface area (Å²) < 4.78 is 10.5. The number of fused-ring (bicyclic) bond motifs is 1. The van der Waals surface area contributed by atoms with Crippen LogP contribution in [-0.2, 0) is 36.7 Å². The first-order valence-electron chi connectivity index (χ1n) is 13.3. The number of esters is 2. The highest BCUT2D eigenvalue weighted by Crippen LogP contribution is 2.34. The molecule has 0 saturated heterocycles. The highest BCUT2D eigenvalue weighted by Gasteiger charge is 2.39. The Bertz CT molecular complexity index is 990. The number of hydrogen-bond acceptors (Lipinski definition) is 5. The Morgan fingerprint density at radius 1 is 0.861 bits per heavy atom. The Balaban J connectivity index is 1.53. The molecule has 0 radical (unpaired) electrons. The summed E-state index contributed by atoms with van der Waals surface area (Å²) in [5.74, 6) is -1.10. The average molecular weight is 494 g/mol. The number of rotatable bonds is 14. The minimum Gasteiger partial charge on any atom is -0.466 e. The number of carbonyl (C=O) groups excluding carboxylic acids is 3. The normalized spacial score (nSPS) is 15.3. The second-order valence-electron chi connectivity index (χ2n) is 9.29. The molecule has 3 rings (SSSR count). The van der Waals surface area contributed by atoms with Crippen LogP contribution in [0.4, 0.5) is 5.69 Å². The maximum Gasteiger partial charge on any atom is 0.329 e. The molecule has 0 unspecified atom stereocenters. The van der Waals surface area contributed by atoms with Gasteiger partial charge in [-0.3, -0.25) is 14.5 Å². The number of hydrogen-bond donors (Lipinski definition) is 0. The van der Waals surface area contributed by atoms with Gasteiger partial charge in [0, 0.05) is 18.5 Å². The van der Waals surface area contributed by atoms with Crippen LogP contribution in [0, 0.1) is 5.92 Å². The molecule has 36 heavy (non-hydrogen) atoms. The van der Waals surface area contributed by atoms with Gasteiger partial charge in [0.05, 0.1) is 19.1 Å².